The van der Waals surface area contributed by atoms with Gasteiger partial charge < -0.3 is 10.0 Å². The van der Waals surface area contributed by atoms with E-state index in [-0.39, 0.29) is 6.61 Å². The zero-order chi connectivity index (χ0) is 20.7. The van der Waals surface area contributed by atoms with Crippen molar-refractivity contribution in [1.29, 1.82) is 0 Å². The number of aliphatic hydroxyl groups is 1. The first-order chi connectivity index (χ1) is 14.7. The van der Waals surface area contributed by atoms with Crippen LogP contribution in [0.1, 0.15) is 36.6 Å². The van der Waals surface area contributed by atoms with E-state index in [1.54, 1.807) is 23.1 Å². The Morgan fingerprint density at radius 2 is 1.87 bits per heavy atom. The molecule has 1 fully saturated rings. The minimum atomic E-state index is 0.224. The number of rotatable bonds is 6. The predicted molar refractivity (Wildman–Crippen MR) is 126 cm³/mol. The molecule has 3 aromatic heterocycles. The lowest BCUT2D eigenvalue weighted by Gasteiger charge is -2.35. The Morgan fingerprint density at radius 3 is 2.60 bits per heavy atom. The van der Waals surface area contributed by atoms with Crippen LogP contribution >= 0.6 is 23.1 Å². The van der Waals surface area contributed by atoms with Crippen LogP contribution in [0.5, 0.6) is 0 Å². The van der Waals surface area contributed by atoms with Gasteiger partial charge in [-0.05, 0) is 43.1 Å². The number of thiophene rings is 1. The summed E-state index contributed by atoms with van der Waals surface area (Å²) in [4.78, 5) is 20.9. The Kier molecular flexibility index (Phi) is 5.84. The van der Waals surface area contributed by atoms with Gasteiger partial charge in [-0.2, -0.15) is 0 Å². The minimum Gasteiger partial charge on any atom is -0.395 e. The number of thioether (sulfide) groups is 1. The molecule has 4 heterocycles. The predicted octanol–water partition coefficient (Wildman–Crippen LogP) is 3.52. The summed E-state index contributed by atoms with van der Waals surface area (Å²) in [6.45, 7) is 6.99. The molecule has 2 aliphatic rings. The van der Waals surface area contributed by atoms with Gasteiger partial charge in [0.1, 0.15) is 4.83 Å². The summed E-state index contributed by atoms with van der Waals surface area (Å²) in [5.74, 6) is 1.07. The van der Waals surface area contributed by atoms with Crippen molar-refractivity contribution in [2.24, 2.45) is 0 Å². The average molecular weight is 444 g/mol. The van der Waals surface area contributed by atoms with E-state index in [4.69, 9.17) is 15.0 Å². The van der Waals surface area contributed by atoms with Gasteiger partial charge in [-0.1, -0.05) is 25.1 Å². The number of pyridine rings is 1. The third-order valence-corrected chi connectivity index (χ3v) is 7.95. The summed E-state index contributed by atoms with van der Waals surface area (Å²) in [6.07, 6.45) is 7.78. The second kappa shape index (κ2) is 8.57. The second-order valence-electron chi connectivity index (χ2n) is 8.17. The molecule has 1 aliphatic carbocycles. The van der Waals surface area contributed by atoms with Crippen LogP contribution in [0, 0.1) is 0 Å². The molecular weight excluding hydrogens is 414 g/mol. The van der Waals surface area contributed by atoms with Crippen LogP contribution in [0.25, 0.3) is 20.4 Å². The molecule has 1 saturated heterocycles. The van der Waals surface area contributed by atoms with Crippen LogP contribution in [-0.4, -0.2) is 70.5 Å². The molecule has 0 unspecified atom stereocenters. The highest BCUT2D eigenvalue weighted by Gasteiger charge is 2.27. The van der Waals surface area contributed by atoms with Crippen molar-refractivity contribution in [3.05, 3.63) is 16.8 Å². The molecule has 5 rings (SSSR count). The number of hydrogen-bond donors (Lipinski definition) is 1. The molecular formula is C22H29N5OS2. The number of aliphatic hydroxyl groups excluding tert-OH is 1. The van der Waals surface area contributed by atoms with Crippen LogP contribution in [-0.2, 0) is 19.3 Å². The summed E-state index contributed by atoms with van der Waals surface area (Å²) in [5, 5.41) is 11.4. The molecule has 160 valence electrons. The third kappa shape index (κ3) is 3.47. The van der Waals surface area contributed by atoms with Gasteiger partial charge in [0.05, 0.1) is 16.8 Å². The van der Waals surface area contributed by atoms with Crippen molar-refractivity contribution >= 4 is 49.3 Å². The normalized spacial score (nSPS) is 17.4. The van der Waals surface area contributed by atoms with Crippen LogP contribution in [0.4, 0.5) is 5.82 Å². The summed E-state index contributed by atoms with van der Waals surface area (Å²) in [7, 11) is 0. The minimum absolute atomic E-state index is 0.224. The molecule has 0 atom stereocenters. The molecule has 3 aromatic rings. The fourth-order valence-corrected chi connectivity index (χ4v) is 6.43. The number of β-amino-alcohol motifs (C(OH)–C–C–N with tert-alkyl or cyclic N) is 1. The highest BCUT2D eigenvalue weighted by atomic mass is 32.2. The Labute approximate surface area is 185 Å². The maximum Gasteiger partial charge on any atom is 0.189 e. The van der Waals surface area contributed by atoms with Crippen LogP contribution in [0.3, 0.4) is 0 Å². The molecule has 1 aliphatic heterocycles. The van der Waals surface area contributed by atoms with E-state index < -0.39 is 0 Å². The SMILES string of the molecule is CCCc1nc2sc3c(N4CCN(CCO)CC4)nc(SC)nc3c2c2c1CCC2. The summed E-state index contributed by atoms with van der Waals surface area (Å²) in [6, 6.07) is 0. The first-order valence-corrected chi connectivity index (χ1v) is 13.0. The third-order valence-electron chi connectivity index (χ3n) is 6.34. The van der Waals surface area contributed by atoms with Crippen molar-refractivity contribution < 1.29 is 5.11 Å². The zero-order valence-corrected chi connectivity index (χ0v) is 19.4. The zero-order valence-electron chi connectivity index (χ0n) is 17.8. The number of nitrogens with zero attached hydrogens (tertiary/aromatic N) is 5. The highest BCUT2D eigenvalue weighted by molar-refractivity contribution is 7.98. The fraction of sp³-hybridized carbons (Fsp3) is 0.591. The Bertz CT molecular complexity index is 1070. The number of fused-ring (bicyclic) bond motifs is 5. The largest absolute Gasteiger partial charge is 0.395 e. The molecule has 6 nitrogen and oxygen atoms in total. The summed E-state index contributed by atoms with van der Waals surface area (Å²) in [5.41, 5.74) is 5.41. The van der Waals surface area contributed by atoms with Gasteiger partial charge in [0, 0.05) is 43.8 Å². The monoisotopic (exact) mass is 443 g/mol. The molecule has 1 N–H and O–H groups in total. The second-order valence-corrected chi connectivity index (χ2v) is 9.94. The van der Waals surface area contributed by atoms with Gasteiger partial charge in [-0.15, -0.1) is 11.3 Å². The van der Waals surface area contributed by atoms with Crippen molar-refractivity contribution in [1.82, 2.24) is 19.9 Å². The van der Waals surface area contributed by atoms with E-state index in [1.165, 1.54) is 33.3 Å². The molecule has 0 aromatic carbocycles. The lowest BCUT2D eigenvalue weighted by Crippen LogP contribution is -2.47. The molecule has 0 bridgehead atoms. The molecule has 0 radical (unpaired) electrons. The Hall–Kier alpha value is -1.48. The van der Waals surface area contributed by atoms with Crippen molar-refractivity contribution in [3.8, 4) is 0 Å². The van der Waals surface area contributed by atoms with Gasteiger partial charge in [-0.3, -0.25) is 4.90 Å². The maximum atomic E-state index is 9.25. The molecule has 8 heteroatoms. The summed E-state index contributed by atoms with van der Waals surface area (Å²) < 4.78 is 1.19. The van der Waals surface area contributed by atoms with Gasteiger partial charge in [0.15, 0.2) is 11.0 Å². The standard InChI is InChI=1S/C22H29N5OS2/c1-3-5-16-14-6-4-7-15(14)17-18-19(30-21(17)23-16)20(25-22(24-18)29-2)27-10-8-26(9-11-27)12-13-28/h28H,3-13H2,1-2H3. The molecule has 30 heavy (non-hydrogen) atoms. The van der Waals surface area contributed by atoms with Gasteiger partial charge in [-0.25, -0.2) is 15.0 Å². The number of aryl methyl sites for hydroxylation is 2. The topological polar surface area (TPSA) is 65.4 Å². The number of hydrogen-bond acceptors (Lipinski definition) is 8. The van der Waals surface area contributed by atoms with Gasteiger partial charge in [0.2, 0.25) is 0 Å². The van der Waals surface area contributed by atoms with E-state index >= 15 is 0 Å². The van der Waals surface area contributed by atoms with Crippen LogP contribution in [0.2, 0.25) is 0 Å². The lowest BCUT2D eigenvalue weighted by atomic mass is 10.0. The molecule has 0 amide bonds. The van der Waals surface area contributed by atoms with Crippen LogP contribution < -0.4 is 4.90 Å². The van der Waals surface area contributed by atoms with Gasteiger partial charge in [0.25, 0.3) is 0 Å². The molecule has 0 saturated carbocycles. The van der Waals surface area contributed by atoms with E-state index in [0.717, 1.165) is 79.7 Å². The smallest absolute Gasteiger partial charge is 0.189 e. The van der Waals surface area contributed by atoms with E-state index in [0.29, 0.717) is 0 Å². The van der Waals surface area contributed by atoms with E-state index in [9.17, 15) is 5.11 Å². The summed E-state index contributed by atoms with van der Waals surface area (Å²) >= 11 is 3.40. The average Bonchev–Trinajstić information content (AvgIpc) is 3.38. The Morgan fingerprint density at radius 1 is 1.07 bits per heavy atom. The van der Waals surface area contributed by atoms with E-state index in [2.05, 4.69) is 23.0 Å². The maximum absolute atomic E-state index is 9.25. The van der Waals surface area contributed by atoms with Crippen LogP contribution in [0.15, 0.2) is 5.16 Å². The number of anilines is 1. The Balaban J connectivity index is 1.65. The highest BCUT2D eigenvalue weighted by Crippen LogP contribution is 2.43. The fourth-order valence-electron chi connectivity index (χ4n) is 4.88. The van der Waals surface area contributed by atoms with Crippen molar-refractivity contribution in [3.63, 3.8) is 0 Å². The number of aromatic nitrogens is 3. The van der Waals surface area contributed by atoms with Gasteiger partial charge >= 0.3 is 0 Å². The first kappa shape index (κ1) is 20.4. The van der Waals surface area contributed by atoms with Crippen molar-refractivity contribution in [2.75, 3.05) is 50.5 Å². The van der Waals surface area contributed by atoms with E-state index in [1.807, 2.05) is 0 Å². The number of piperazine rings is 1. The molecule has 0 spiro atoms. The van der Waals surface area contributed by atoms with Crippen molar-refractivity contribution in [2.45, 2.75) is 44.2 Å². The first-order valence-electron chi connectivity index (χ1n) is 11.0. The quantitative estimate of drug-likeness (QED) is 0.462. The lowest BCUT2D eigenvalue weighted by molar-refractivity contribution is 0.188.